The molecule has 0 spiro atoms. The summed E-state index contributed by atoms with van der Waals surface area (Å²) in [7, 11) is 0. The molecule has 1 aromatic carbocycles. The zero-order chi connectivity index (χ0) is 13.9. The van der Waals surface area contributed by atoms with Gasteiger partial charge in [-0.15, -0.1) is 0 Å². The number of aryl methyl sites for hydroxylation is 1. The van der Waals surface area contributed by atoms with Gasteiger partial charge >= 0.3 is 0 Å². The minimum Gasteiger partial charge on any atom is -0.342 e. The van der Waals surface area contributed by atoms with Crippen molar-refractivity contribution in [2.45, 2.75) is 45.1 Å². The van der Waals surface area contributed by atoms with Crippen LogP contribution in [0.5, 0.6) is 0 Å². The van der Waals surface area contributed by atoms with Crippen molar-refractivity contribution >= 4 is 17.5 Å². The lowest BCUT2D eigenvalue weighted by Crippen LogP contribution is -2.53. The highest BCUT2D eigenvalue weighted by molar-refractivity contribution is 6.00. The van der Waals surface area contributed by atoms with E-state index in [-0.39, 0.29) is 11.8 Å². The summed E-state index contributed by atoms with van der Waals surface area (Å²) in [6, 6.07) is 7.64. The maximum atomic E-state index is 12.3. The van der Waals surface area contributed by atoms with Crippen LogP contribution in [0.4, 0.5) is 5.69 Å². The lowest BCUT2D eigenvalue weighted by Gasteiger charge is -2.27. The van der Waals surface area contributed by atoms with Crippen LogP contribution in [0.2, 0.25) is 0 Å². The molecule has 19 heavy (non-hydrogen) atoms. The van der Waals surface area contributed by atoms with Crippen LogP contribution in [-0.2, 0) is 9.59 Å². The highest BCUT2D eigenvalue weighted by Crippen LogP contribution is 2.21. The molecule has 102 valence electrons. The first kappa shape index (κ1) is 13.6. The van der Waals surface area contributed by atoms with E-state index in [1.54, 1.807) is 6.92 Å². The van der Waals surface area contributed by atoms with Gasteiger partial charge in [0.25, 0.3) is 0 Å². The molecule has 1 saturated heterocycles. The van der Waals surface area contributed by atoms with Gasteiger partial charge < -0.3 is 10.6 Å². The summed E-state index contributed by atoms with van der Waals surface area (Å²) in [4.78, 5) is 24.0. The topological polar surface area (TPSA) is 58.2 Å². The van der Waals surface area contributed by atoms with Gasteiger partial charge in [0.15, 0.2) is 0 Å². The summed E-state index contributed by atoms with van der Waals surface area (Å²) >= 11 is 0. The molecule has 4 heteroatoms. The molecule has 1 aliphatic heterocycles. The Balaban J connectivity index is 2.09. The number of nitrogens with one attached hydrogen (secondary N) is 2. The van der Waals surface area contributed by atoms with Crippen molar-refractivity contribution in [3.63, 3.8) is 0 Å². The second-order valence-electron chi connectivity index (χ2n) is 5.41. The minimum atomic E-state index is -0.807. The van der Waals surface area contributed by atoms with E-state index in [9.17, 15) is 9.59 Å². The number of carbonyl (C=O) groups excluding carboxylic acids is 2. The maximum absolute atomic E-state index is 12.3. The normalized spacial score (nSPS) is 23.4. The summed E-state index contributed by atoms with van der Waals surface area (Å²) < 4.78 is 0. The lowest BCUT2D eigenvalue weighted by atomic mass is 9.95. The number of anilines is 1. The van der Waals surface area contributed by atoms with E-state index < -0.39 is 5.54 Å². The van der Waals surface area contributed by atoms with Crippen LogP contribution in [0.15, 0.2) is 24.3 Å². The molecule has 1 unspecified atom stereocenters. The van der Waals surface area contributed by atoms with Gasteiger partial charge in [-0.2, -0.15) is 0 Å². The van der Waals surface area contributed by atoms with Crippen molar-refractivity contribution in [2.24, 2.45) is 0 Å². The van der Waals surface area contributed by atoms with E-state index in [1.165, 1.54) is 0 Å². The van der Waals surface area contributed by atoms with Gasteiger partial charge in [-0.1, -0.05) is 24.1 Å². The largest absolute Gasteiger partial charge is 0.342 e. The molecule has 1 atom stereocenters. The number of rotatable bonds is 2. The fourth-order valence-electron chi connectivity index (χ4n) is 2.27. The van der Waals surface area contributed by atoms with Crippen molar-refractivity contribution in [1.82, 2.24) is 5.32 Å². The van der Waals surface area contributed by atoms with E-state index in [0.29, 0.717) is 12.8 Å². The first-order valence-electron chi connectivity index (χ1n) is 6.69. The summed E-state index contributed by atoms with van der Waals surface area (Å²) in [5, 5.41) is 5.71. The highest BCUT2D eigenvalue weighted by atomic mass is 16.2. The minimum absolute atomic E-state index is 0.0425. The third-order valence-corrected chi connectivity index (χ3v) is 3.56. The molecule has 0 bridgehead atoms. The zero-order valence-corrected chi connectivity index (χ0v) is 11.5. The third-order valence-electron chi connectivity index (χ3n) is 3.56. The maximum Gasteiger partial charge on any atom is 0.249 e. The Bertz CT molecular complexity index is 481. The van der Waals surface area contributed by atoms with E-state index in [1.807, 2.05) is 31.2 Å². The fourth-order valence-corrected chi connectivity index (χ4v) is 2.27. The number of amides is 2. The van der Waals surface area contributed by atoms with Crippen molar-refractivity contribution < 1.29 is 9.59 Å². The van der Waals surface area contributed by atoms with Gasteiger partial charge in [0, 0.05) is 12.1 Å². The number of benzene rings is 1. The predicted octanol–water partition coefficient (Wildman–Crippen LogP) is 2.38. The average molecular weight is 260 g/mol. The van der Waals surface area contributed by atoms with Gasteiger partial charge in [-0.05, 0) is 38.8 Å². The lowest BCUT2D eigenvalue weighted by molar-refractivity contribution is -0.129. The van der Waals surface area contributed by atoms with Gasteiger partial charge in [-0.25, -0.2) is 0 Å². The zero-order valence-electron chi connectivity index (χ0n) is 11.5. The van der Waals surface area contributed by atoms with E-state index >= 15 is 0 Å². The van der Waals surface area contributed by atoms with Crippen molar-refractivity contribution in [3.05, 3.63) is 29.8 Å². The molecular formula is C15H20N2O2. The van der Waals surface area contributed by atoms with Gasteiger partial charge in [0.2, 0.25) is 11.8 Å². The van der Waals surface area contributed by atoms with Crippen molar-refractivity contribution in [3.8, 4) is 0 Å². The third kappa shape index (κ3) is 3.34. The molecule has 2 N–H and O–H groups in total. The molecule has 1 aliphatic rings. The molecule has 1 fully saturated rings. The molecule has 1 aromatic rings. The molecule has 2 amide bonds. The molecule has 1 heterocycles. The van der Waals surface area contributed by atoms with Crippen molar-refractivity contribution in [2.75, 3.05) is 5.32 Å². The van der Waals surface area contributed by atoms with Gasteiger partial charge in [0.05, 0.1) is 0 Å². The molecule has 0 aliphatic carbocycles. The highest BCUT2D eigenvalue weighted by Gasteiger charge is 2.35. The van der Waals surface area contributed by atoms with E-state index in [2.05, 4.69) is 10.6 Å². The second-order valence-corrected chi connectivity index (χ2v) is 5.41. The van der Waals surface area contributed by atoms with Crippen LogP contribution in [0, 0.1) is 6.92 Å². The Labute approximate surface area is 113 Å². The molecule has 0 aromatic heterocycles. The number of hydrogen-bond donors (Lipinski definition) is 2. The molecule has 4 nitrogen and oxygen atoms in total. The Hall–Kier alpha value is -1.84. The average Bonchev–Trinajstić information content (AvgIpc) is 2.54. The standard InChI is InChI=1S/C15H20N2O2/c1-11-6-8-12(9-7-11)16-14(19)15(2)10-4-3-5-13(18)17-15/h6-9H,3-5,10H2,1-2H3,(H,16,19)(H,17,18). The Kier molecular flexibility index (Phi) is 3.88. The monoisotopic (exact) mass is 260 g/mol. The second kappa shape index (κ2) is 5.43. The predicted molar refractivity (Wildman–Crippen MR) is 74.8 cm³/mol. The number of hydrogen-bond acceptors (Lipinski definition) is 2. The smallest absolute Gasteiger partial charge is 0.249 e. The summed E-state index contributed by atoms with van der Waals surface area (Å²) in [5.74, 6) is -0.189. The van der Waals surface area contributed by atoms with Crippen LogP contribution in [0.25, 0.3) is 0 Å². The summed E-state index contributed by atoms with van der Waals surface area (Å²) in [6.45, 7) is 3.79. The molecular weight excluding hydrogens is 240 g/mol. The molecule has 0 radical (unpaired) electrons. The van der Waals surface area contributed by atoms with Gasteiger partial charge in [0.1, 0.15) is 5.54 Å². The quantitative estimate of drug-likeness (QED) is 0.857. The van der Waals surface area contributed by atoms with E-state index in [4.69, 9.17) is 0 Å². The summed E-state index contributed by atoms with van der Waals surface area (Å²) in [5.41, 5.74) is 1.10. The SMILES string of the molecule is Cc1ccc(NC(=O)C2(C)CCCCC(=O)N2)cc1. The summed E-state index contributed by atoms with van der Waals surface area (Å²) in [6.07, 6.45) is 2.92. The Morgan fingerprint density at radius 2 is 1.95 bits per heavy atom. The Morgan fingerprint density at radius 3 is 2.63 bits per heavy atom. The molecule has 0 saturated carbocycles. The molecule has 2 rings (SSSR count). The first-order chi connectivity index (χ1) is 8.99. The van der Waals surface area contributed by atoms with E-state index in [0.717, 1.165) is 24.1 Å². The van der Waals surface area contributed by atoms with Crippen LogP contribution in [0.3, 0.4) is 0 Å². The van der Waals surface area contributed by atoms with Gasteiger partial charge in [-0.3, -0.25) is 9.59 Å². The van der Waals surface area contributed by atoms with Crippen molar-refractivity contribution in [1.29, 1.82) is 0 Å². The number of carbonyl (C=O) groups is 2. The Morgan fingerprint density at radius 1 is 1.26 bits per heavy atom. The van der Waals surface area contributed by atoms with Crippen LogP contribution >= 0.6 is 0 Å². The van der Waals surface area contributed by atoms with Crippen LogP contribution in [0.1, 0.15) is 38.2 Å². The van der Waals surface area contributed by atoms with Crippen LogP contribution in [-0.4, -0.2) is 17.4 Å². The van der Waals surface area contributed by atoms with Crippen LogP contribution < -0.4 is 10.6 Å². The fraction of sp³-hybridized carbons (Fsp3) is 0.467. The first-order valence-corrected chi connectivity index (χ1v) is 6.69.